The van der Waals surface area contributed by atoms with Crippen LogP contribution in [-0.2, 0) is 26.3 Å². The van der Waals surface area contributed by atoms with E-state index in [2.05, 4.69) is 4.98 Å². The molecule has 1 aliphatic rings. The monoisotopic (exact) mass is 465 g/mol. The number of carbonyl (C=O) groups excluding carboxylic acids is 3. The second-order valence-corrected chi connectivity index (χ2v) is 9.27. The number of rotatable bonds is 7. The van der Waals surface area contributed by atoms with Gasteiger partial charge in [-0.3, -0.25) is 24.3 Å². The topological polar surface area (TPSA) is 70.6 Å². The van der Waals surface area contributed by atoms with Crippen LogP contribution < -0.4 is 0 Å². The van der Waals surface area contributed by atoms with Crippen LogP contribution in [0, 0.1) is 5.82 Å². The fourth-order valence-electron chi connectivity index (χ4n) is 4.21. The summed E-state index contributed by atoms with van der Waals surface area (Å²) in [5.41, 5.74) is -0.425. The number of halogens is 1. The number of hydrogen-bond donors (Lipinski definition) is 0. The summed E-state index contributed by atoms with van der Waals surface area (Å²) in [6.07, 6.45) is 2.78. The first-order chi connectivity index (χ1) is 15.8. The van der Waals surface area contributed by atoms with Gasteiger partial charge in [0.15, 0.2) is 0 Å². The van der Waals surface area contributed by atoms with Crippen LogP contribution >= 0.6 is 11.3 Å². The molecular formula is C25H24FN3O3S. The van der Waals surface area contributed by atoms with Gasteiger partial charge in [-0.25, -0.2) is 4.39 Å². The van der Waals surface area contributed by atoms with Crippen molar-refractivity contribution in [3.8, 4) is 0 Å². The molecule has 0 spiro atoms. The normalized spacial score (nSPS) is 19.1. The minimum Gasteiger partial charge on any atom is -0.338 e. The predicted octanol–water partition coefficient (Wildman–Crippen LogP) is 4.09. The van der Waals surface area contributed by atoms with Gasteiger partial charge in [-0.15, -0.1) is 11.3 Å². The molecule has 8 heteroatoms. The minimum atomic E-state index is -1.46. The number of carbonyl (C=O) groups is 3. The zero-order valence-electron chi connectivity index (χ0n) is 18.4. The van der Waals surface area contributed by atoms with Crippen molar-refractivity contribution in [2.75, 3.05) is 7.05 Å². The van der Waals surface area contributed by atoms with Gasteiger partial charge >= 0.3 is 0 Å². The van der Waals surface area contributed by atoms with Crippen LogP contribution in [-0.4, -0.2) is 39.6 Å². The highest BCUT2D eigenvalue weighted by molar-refractivity contribution is 7.10. The Labute approximate surface area is 195 Å². The Balaban J connectivity index is 1.67. The number of pyridine rings is 1. The third kappa shape index (κ3) is 4.43. The first-order valence-electron chi connectivity index (χ1n) is 10.6. The largest absolute Gasteiger partial charge is 0.338 e. The number of hydrogen-bond acceptors (Lipinski definition) is 5. The van der Waals surface area contributed by atoms with E-state index in [1.54, 1.807) is 53.9 Å². The summed E-state index contributed by atoms with van der Waals surface area (Å²) in [6.45, 7) is 1.97. The summed E-state index contributed by atoms with van der Waals surface area (Å²) < 4.78 is 14.2. The molecule has 3 amide bonds. The molecule has 33 heavy (non-hydrogen) atoms. The molecule has 4 rings (SSSR count). The van der Waals surface area contributed by atoms with Crippen LogP contribution in [0.4, 0.5) is 4.39 Å². The third-order valence-electron chi connectivity index (χ3n) is 6.23. The number of nitrogens with zero attached hydrogens (tertiary/aromatic N) is 3. The number of thiophene rings is 1. The van der Waals surface area contributed by atoms with Crippen LogP contribution in [0.5, 0.6) is 0 Å². The van der Waals surface area contributed by atoms with Crippen molar-refractivity contribution in [2.45, 2.75) is 37.8 Å². The average Bonchev–Trinajstić information content (AvgIpc) is 3.43. The Hall–Kier alpha value is -3.39. The lowest BCUT2D eigenvalue weighted by Gasteiger charge is -2.31. The van der Waals surface area contributed by atoms with E-state index in [0.717, 1.165) is 9.78 Å². The van der Waals surface area contributed by atoms with E-state index in [1.165, 1.54) is 18.2 Å². The molecule has 1 saturated heterocycles. The Bertz CT molecular complexity index is 1170. The zero-order valence-corrected chi connectivity index (χ0v) is 19.2. The lowest BCUT2D eigenvalue weighted by atomic mass is 9.75. The SMILES string of the molecule is CC(c1cccs1)N(C)C(=O)CC1(c2cccc(F)c2)CC(=O)N(Cc2cccnc2)C1=O. The second-order valence-electron chi connectivity index (χ2n) is 8.29. The van der Waals surface area contributed by atoms with Gasteiger partial charge in [-0.2, -0.15) is 0 Å². The molecule has 6 nitrogen and oxygen atoms in total. The number of amides is 3. The molecule has 1 aliphatic heterocycles. The maximum absolute atomic E-state index is 14.2. The lowest BCUT2D eigenvalue weighted by molar-refractivity contribution is -0.143. The Morgan fingerprint density at radius 1 is 1.24 bits per heavy atom. The summed E-state index contributed by atoms with van der Waals surface area (Å²) in [4.78, 5) is 47.8. The third-order valence-corrected chi connectivity index (χ3v) is 7.27. The van der Waals surface area contributed by atoms with Crippen molar-refractivity contribution in [3.63, 3.8) is 0 Å². The average molecular weight is 466 g/mol. The molecule has 2 unspecified atom stereocenters. The molecule has 2 aromatic heterocycles. The molecule has 0 aliphatic carbocycles. The van der Waals surface area contributed by atoms with E-state index < -0.39 is 23.0 Å². The van der Waals surface area contributed by atoms with Gasteiger partial charge in [0.05, 0.1) is 18.0 Å². The summed E-state index contributed by atoms with van der Waals surface area (Å²) in [5.74, 6) is -1.70. The fourth-order valence-corrected chi connectivity index (χ4v) is 5.03. The van der Waals surface area contributed by atoms with E-state index in [9.17, 15) is 18.8 Å². The van der Waals surface area contributed by atoms with Crippen LogP contribution in [0.3, 0.4) is 0 Å². The first-order valence-corrected chi connectivity index (χ1v) is 11.5. The van der Waals surface area contributed by atoms with Gasteiger partial charge in [-0.05, 0) is 47.7 Å². The second kappa shape index (κ2) is 9.23. The highest BCUT2D eigenvalue weighted by Gasteiger charge is 2.54. The van der Waals surface area contributed by atoms with E-state index in [0.29, 0.717) is 11.1 Å². The molecule has 1 aromatic carbocycles. The summed E-state index contributed by atoms with van der Waals surface area (Å²) >= 11 is 1.54. The van der Waals surface area contributed by atoms with Crippen LogP contribution in [0.15, 0.2) is 66.3 Å². The molecule has 0 bridgehead atoms. The fraction of sp³-hybridized carbons (Fsp3) is 0.280. The zero-order chi connectivity index (χ0) is 23.6. The minimum absolute atomic E-state index is 0.0538. The summed E-state index contributed by atoms with van der Waals surface area (Å²) in [7, 11) is 1.68. The van der Waals surface area contributed by atoms with Crippen LogP contribution in [0.1, 0.15) is 41.8 Å². The number of imide groups is 1. The highest BCUT2D eigenvalue weighted by atomic mass is 32.1. The van der Waals surface area contributed by atoms with Crippen molar-refractivity contribution in [1.82, 2.24) is 14.8 Å². The van der Waals surface area contributed by atoms with E-state index in [-0.39, 0.29) is 31.3 Å². The molecule has 0 saturated carbocycles. The van der Waals surface area contributed by atoms with Gasteiger partial charge in [0.1, 0.15) is 5.82 Å². The van der Waals surface area contributed by atoms with Crippen molar-refractivity contribution >= 4 is 29.1 Å². The number of likely N-dealkylation sites (tertiary alicyclic amines) is 1. The maximum atomic E-state index is 14.2. The van der Waals surface area contributed by atoms with Crippen molar-refractivity contribution in [3.05, 3.63) is 88.1 Å². The molecule has 0 radical (unpaired) electrons. The summed E-state index contributed by atoms with van der Waals surface area (Å²) in [5, 5.41) is 1.94. The summed E-state index contributed by atoms with van der Waals surface area (Å²) in [6, 6.07) is 12.8. The quantitative estimate of drug-likeness (QED) is 0.493. The van der Waals surface area contributed by atoms with Gasteiger partial charge < -0.3 is 4.90 Å². The van der Waals surface area contributed by atoms with Gasteiger partial charge in [0.25, 0.3) is 0 Å². The predicted molar refractivity (Wildman–Crippen MR) is 123 cm³/mol. The smallest absolute Gasteiger partial charge is 0.241 e. The van der Waals surface area contributed by atoms with E-state index >= 15 is 0 Å². The van der Waals surface area contributed by atoms with E-state index in [4.69, 9.17) is 0 Å². The first kappa shape index (κ1) is 22.8. The molecule has 3 aromatic rings. The molecule has 1 fully saturated rings. The molecule has 170 valence electrons. The van der Waals surface area contributed by atoms with E-state index in [1.807, 2.05) is 24.4 Å². The van der Waals surface area contributed by atoms with Crippen LogP contribution in [0.25, 0.3) is 0 Å². The Morgan fingerprint density at radius 3 is 2.73 bits per heavy atom. The number of aromatic nitrogens is 1. The number of benzene rings is 1. The molecular weight excluding hydrogens is 441 g/mol. The van der Waals surface area contributed by atoms with Gasteiger partial charge in [0, 0.05) is 37.2 Å². The van der Waals surface area contributed by atoms with Gasteiger partial charge in [0.2, 0.25) is 17.7 Å². The van der Waals surface area contributed by atoms with Crippen LogP contribution in [0.2, 0.25) is 0 Å². The molecule has 2 atom stereocenters. The Kier molecular flexibility index (Phi) is 6.37. The van der Waals surface area contributed by atoms with Crippen molar-refractivity contribution in [2.24, 2.45) is 0 Å². The molecule has 0 N–H and O–H groups in total. The lowest BCUT2D eigenvalue weighted by Crippen LogP contribution is -2.43. The highest BCUT2D eigenvalue weighted by Crippen LogP contribution is 2.41. The van der Waals surface area contributed by atoms with Crippen molar-refractivity contribution in [1.29, 1.82) is 0 Å². The van der Waals surface area contributed by atoms with Crippen molar-refractivity contribution < 1.29 is 18.8 Å². The standard InChI is InChI=1S/C25H24FN3O3S/c1-17(21-9-5-11-33-21)28(2)22(30)13-25(19-7-3-8-20(26)12-19)14-23(31)29(24(25)32)16-18-6-4-10-27-15-18/h3-12,15,17H,13-14,16H2,1-2H3. The Morgan fingerprint density at radius 2 is 2.06 bits per heavy atom. The maximum Gasteiger partial charge on any atom is 0.241 e. The van der Waals surface area contributed by atoms with Gasteiger partial charge in [-0.1, -0.05) is 24.3 Å². The molecule has 3 heterocycles.